The molecule has 2 aromatic rings. The third-order valence-corrected chi connectivity index (χ3v) is 4.60. The van der Waals surface area contributed by atoms with Crippen LogP contribution in [0.15, 0.2) is 42.5 Å². The van der Waals surface area contributed by atoms with Gasteiger partial charge in [-0.1, -0.05) is 53.5 Å². The van der Waals surface area contributed by atoms with E-state index in [4.69, 9.17) is 23.2 Å². The maximum Gasteiger partial charge on any atom is 0.0468 e. The minimum atomic E-state index is 0.194. The fraction of sp³-hybridized carbons (Fsp3) is 0.333. The molecule has 21 heavy (non-hydrogen) atoms. The summed E-state index contributed by atoms with van der Waals surface area (Å²) in [6.45, 7) is 2.97. The van der Waals surface area contributed by atoms with Crippen LogP contribution in [0.25, 0.3) is 0 Å². The highest BCUT2D eigenvalue weighted by molar-refractivity contribution is 6.35. The second kappa shape index (κ2) is 6.39. The van der Waals surface area contributed by atoms with Crippen molar-refractivity contribution in [2.24, 2.45) is 0 Å². The van der Waals surface area contributed by atoms with Gasteiger partial charge in [0.15, 0.2) is 0 Å². The molecule has 0 radical (unpaired) electrons. The highest BCUT2D eigenvalue weighted by Crippen LogP contribution is 2.40. The standard InChI is InChI=1S/C18H19Cl2N/c1-12(17-8-7-16(19)10-18(17)20)21-11-13-3-2-4-15(9-13)14-5-6-14/h2-4,7-10,12,14,21H,5-6,11H2,1H3. The largest absolute Gasteiger partial charge is 0.306 e. The first-order valence-corrected chi connectivity index (χ1v) is 8.16. The van der Waals surface area contributed by atoms with E-state index < -0.39 is 0 Å². The number of halogens is 2. The number of hydrogen-bond donors (Lipinski definition) is 1. The molecule has 1 unspecified atom stereocenters. The van der Waals surface area contributed by atoms with Gasteiger partial charge in [-0.2, -0.15) is 0 Å². The number of rotatable bonds is 5. The smallest absolute Gasteiger partial charge is 0.0468 e. The lowest BCUT2D eigenvalue weighted by atomic mass is 10.1. The van der Waals surface area contributed by atoms with Gasteiger partial charge in [0.05, 0.1) is 0 Å². The highest BCUT2D eigenvalue weighted by atomic mass is 35.5. The molecule has 110 valence electrons. The van der Waals surface area contributed by atoms with Gasteiger partial charge in [-0.15, -0.1) is 0 Å². The van der Waals surface area contributed by atoms with Crippen molar-refractivity contribution in [3.8, 4) is 0 Å². The van der Waals surface area contributed by atoms with E-state index in [0.717, 1.165) is 18.0 Å². The molecule has 0 aromatic heterocycles. The number of nitrogens with one attached hydrogen (secondary N) is 1. The third-order valence-electron chi connectivity index (χ3n) is 4.04. The molecule has 1 fully saturated rings. The van der Waals surface area contributed by atoms with E-state index in [2.05, 4.69) is 36.5 Å². The topological polar surface area (TPSA) is 12.0 Å². The Balaban J connectivity index is 1.65. The molecular formula is C18H19Cl2N. The fourth-order valence-electron chi connectivity index (χ4n) is 2.61. The summed E-state index contributed by atoms with van der Waals surface area (Å²) in [5.41, 5.74) is 3.89. The summed E-state index contributed by atoms with van der Waals surface area (Å²) in [4.78, 5) is 0. The van der Waals surface area contributed by atoms with Crippen LogP contribution in [0.5, 0.6) is 0 Å². The van der Waals surface area contributed by atoms with Gasteiger partial charge in [0.1, 0.15) is 0 Å². The van der Waals surface area contributed by atoms with Gasteiger partial charge in [0, 0.05) is 22.6 Å². The molecule has 1 aliphatic carbocycles. The van der Waals surface area contributed by atoms with E-state index in [0.29, 0.717) is 10.0 Å². The van der Waals surface area contributed by atoms with Crippen LogP contribution in [0.4, 0.5) is 0 Å². The summed E-state index contributed by atoms with van der Waals surface area (Å²) in [6.07, 6.45) is 2.68. The molecular weight excluding hydrogens is 301 g/mol. The summed E-state index contributed by atoms with van der Waals surface area (Å²) < 4.78 is 0. The van der Waals surface area contributed by atoms with Crippen molar-refractivity contribution in [2.45, 2.75) is 38.3 Å². The summed E-state index contributed by atoms with van der Waals surface area (Å²) >= 11 is 12.2. The van der Waals surface area contributed by atoms with Gasteiger partial charge in [-0.3, -0.25) is 0 Å². The maximum absolute atomic E-state index is 6.26. The first kappa shape index (κ1) is 14.9. The minimum Gasteiger partial charge on any atom is -0.306 e. The quantitative estimate of drug-likeness (QED) is 0.743. The molecule has 1 saturated carbocycles. The Morgan fingerprint density at radius 1 is 1.14 bits per heavy atom. The molecule has 1 N–H and O–H groups in total. The summed E-state index contributed by atoms with van der Waals surface area (Å²) in [5, 5.41) is 4.93. The SMILES string of the molecule is CC(NCc1cccc(C2CC2)c1)c1ccc(Cl)cc1Cl. The Labute approximate surface area is 136 Å². The van der Waals surface area contributed by atoms with Crippen molar-refractivity contribution in [1.82, 2.24) is 5.32 Å². The van der Waals surface area contributed by atoms with Crippen LogP contribution >= 0.6 is 23.2 Å². The lowest BCUT2D eigenvalue weighted by molar-refractivity contribution is 0.574. The molecule has 2 aromatic carbocycles. The van der Waals surface area contributed by atoms with E-state index in [-0.39, 0.29) is 6.04 Å². The van der Waals surface area contributed by atoms with Gasteiger partial charge in [-0.05, 0) is 54.5 Å². The van der Waals surface area contributed by atoms with Gasteiger partial charge >= 0.3 is 0 Å². The Bertz CT molecular complexity index is 635. The van der Waals surface area contributed by atoms with Crippen molar-refractivity contribution in [3.63, 3.8) is 0 Å². The highest BCUT2D eigenvalue weighted by Gasteiger charge is 2.23. The Morgan fingerprint density at radius 2 is 1.95 bits per heavy atom. The second-order valence-corrected chi connectivity index (χ2v) is 6.63. The van der Waals surface area contributed by atoms with E-state index in [9.17, 15) is 0 Å². The van der Waals surface area contributed by atoms with Gasteiger partial charge < -0.3 is 5.32 Å². The minimum absolute atomic E-state index is 0.194. The van der Waals surface area contributed by atoms with Crippen molar-refractivity contribution < 1.29 is 0 Å². The molecule has 0 aliphatic heterocycles. The molecule has 1 atom stereocenters. The molecule has 3 rings (SSSR count). The number of benzene rings is 2. The predicted molar refractivity (Wildman–Crippen MR) is 90.1 cm³/mol. The maximum atomic E-state index is 6.26. The first-order valence-electron chi connectivity index (χ1n) is 7.40. The summed E-state index contributed by atoms with van der Waals surface area (Å²) in [5.74, 6) is 0.799. The Morgan fingerprint density at radius 3 is 2.67 bits per heavy atom. The molecule has 1 nitrogen and oxygen atoms in total. The molecule has 3 heteroatoms. The van der Waals surface area contributed by atoms with Crippen LogP contribution in [-0.2, 0) is 6.54 Å². The molecule has 0 heterocycles. The van der Waals surface area contributed by atoms with Crippen LogP contribution in [0.2, 0.25) is 10.0 Å². The van der Waals surface area contributed by atoms with Gasteiger partial charge in [0.25, 0.3) is 0 Å². The Hall–Kier alpha value is -1.02. The third kappa shape index (κ3) is 3.79. The molecule has 1 aliphatic rings. The lowest BCUT2D eigenvalue weighted by Gasteiger charge is -2.16. The van der Waals surface area contributed by atoms with Gasteiger partial charge in [-0.25, -0.2) is 0 Å². The normalized spacial score (nSPS) is 16.0. The van der Waals surface area contributed by atoms with Crippen LogP contribution < -0.4 is 5.32 Å². The van der Waals surface area contributed by atoms with E-state index in [1.165, 1.54) is 24.0 Å². The van der Waals surface area contributed by atoms with Crippen molar-refractivity contribution in [3.05, 3.63) is 69.2 Å². The van der Waals surface area contributed by atoms with Crippen molar-refractivity contribution in [1.29, 1.82) is 0 Å². The van der Waals surface area contributed by atoms with E-state index in [1.807, 2.05) is 12.1 Å². The van der Waals surface area contributed by atoms with Crippen molar-refractivity contribution in [2.75, 3.05) is 0 Å². The molecule has 0 bridgehead atoms. The van der Waals surface area contributed by atoms with Crippen LogP contribution in [0, 0.1) is 0 Å². The van der Waals surface area contributed by atoms with Crippen LogP contribution in [0.3, 0.4) is 0 Å². The van der Waals surface area contributed by atoms with Crippen LogP contribution in [0.1, 0.15) is 48.4 Å². The van der Waals surface area contributed by atoms with Crippen LogP contribution in [-0.4, -0.2) is 0 Å². The van der Waals surface area contributed by atoms with E-state index >= 15 is 0 Å². The predicted octanol–water partition coefficient (Wildman–Crippen LogP) is 5.72. The zero-order chi connectivity index (χ0) is 14.8. The van der Waals surface area contributed by atoms with Gasteiger partial charge in [0.2, 0.25) is 0 Å². The monoisotopic (exact) mass is 319 g/mol. The lowest BCUT2D eigenvalue weighted by Crippen LogP contribution is -2.18. The second-order valence-electron chi connectivity index (χ2n) is 5.79. The molecule has 0 amide bonds. The van der Waals surface area contributed by atoms with Crippen molar-refractivity contribution >= 4 is 23.2 Å². The summed E-state index contributed by atoms with van der Waals surface area (Å²) in [6, 6.07) is 14.8. The Kier molecular flexibility index (Phi) is 4.54. The fourth-order valence-corrected chi connectivity index (χ4v) is 3.18. The molecule has 0 spiro atoms. The van der Waals surface area contributed by atoms with E-state index in [1.54, 1.807) is 6.07 Å². The number of hydrogen-bond acceptors (Lipinski definition) is 1. The molecule has 0 saturated heterocycles. The average Bonchev–Trinajstić information content (AvgIpc) is 3.30. The average molecular weight is 320 g/mol. The summed E-state index contributed by atoms with van der Waals surface area (Å²) in [7, 11) is 0. The zero-order valence-electron chi connectivity index (χ0n) is 12.1. The zero-order valence-corrected chi connectivity index (χ0v) is 13.6. The first-order chi connectivity index (χ1) is 10.1.